The average molecular weight is 204 g/mol. The second kappa shape index (κ2) is 148. The van der Waals surface area contributed by atoms with Gasteiger partial charge < -0.3 is 20.4 Å². The summed E-state index contributed by atoms with van der Waals surface area (Å²) in [6.45, 7) is 3.86. The summed E-state index contributed by atoms with van der Waals surface area (Å²) < 4.78 is 0. The van der Waals surface area contributed by atoms with Gasteiger partial charge in [-0.2, -0.15) is 0 Å². The van der Waals surface area contributed by atoms with Gasteiger partial charge in [-0.3, -0.25) is 0 Å². The van der Waals surface area contributed by atoms with Gasteiger partial charge >= 0.3 is 0 Å². The van der Waals surface area contributed by atoms with Crippen LogP contribution >= 0.6 is 0 Å². The van der Waals surface area contributed by atoms with E-state index < -0.39 is 0 Å². The Morgan fingerprint density at radius 3 is 0.727 bits per heavy atom. The molecule has 0 saturated heterocycles. The van der Waals surface area contributed by atoms with Crippen LogP contribution in [0.3, 0.4) is 0 Å². The van der Waals surface area contributed by atoms with E-state index in [1.807, 2.05) is 0 Å². The first kappa shape index (κ1) is 30.0. The zero-order valence-corrected chi connectivity index (χ0v) is 9.26. The Kier molecular flexibility index (Phi) is 402. The fourth-order valence-electron chi connectivity index (χ4n) is 0. The van der Waals surface area contributed by atoms with Gasteiger partial charge in [-0.15, -0.1) is 0 Å². The SMILES string of the molecule is CCO.CCO.CO.CO.[Ti]. The first-order chi connectivity index (χ1) is 4.83. The molecule has 0 fully saturated rings. The second-order valence-electron chi connectivity index (χ2n) is 0.632. The van der Waals surface area contributed by atoms with Gasteiger partial charge in [0.15, 0.2) is 0 Å². The molecule has 0 aromatic carbocycles. The van der Waals surface area contributed by atoms with Crippen LogP contribution in [0.2, 0.25) is 0 Å². The summed E-state index contributed by atoms with van der Waals surface area (Å²) in [7, 11) is 2.00. The molecule has 0 radical (unpaired) electrons. The second-order valence-corrected chi connectivity index (χ2v) is 0.632. The minimum absolute atomic E-state index is 0. The maximum atomic E-state index is 7.57. The normalized spacial score (nSPS) is 4.36. The number of rotatable bonds is 0. The molecule has 0 heterocycles. The van der Waals surface area contributed by atoms with Crippen LogP contribution < -0.4 is 0 Å². The predicted octanol–water partition coefficient (Wildman–Crippen LogP) is -0.788. The van der Waals surface area contributed by atoms with Crippen molar-refractivity contribution in [2.75, 3.05) is 27.4 Å². The van der Waals surface area contributed by atoms with E-state index in [0.717, 1.165) is 14.2 Å². The summed E-state index contributed by atoms with van der Waals surface area (Å²) in [5.41, 5.74) is 0. The molecule has 0 rings (SSSR count). The van der Waals surface area contributed by atoms with E-state index in [4.69, 9.17) is 20.4 Å². The third-order valence-corrected chi connectivity index (χ3v) is 0. The summed E-state index contributed by atoms with van der Waals surface area (Å²) in [4.78, 5) is 0. The van der Waals surface area contributed by atoms with Crippen LogP contribution in [0.25, 0.3) is 0 Å². The molecular weight excluding hydrogens is 184 g/mol. The van der Waals surface area contributed by atoms with Crippen molar-refractivity contribution in [3.63, 3.8) is 0 Å². The summed E-state index contributed by atoms with van der Waals surface area (Å²) in [6.07, 6.45) is 0. The maximum absolute atomic E-state index is 7.57. The van der Waals surface area contributed by atoms with Gasteiger partial charge in [-0.25, -0.2) is 0 Å². The molecule has 4 N–H and O–H groups in total. The van der Waals surface area contributed by atoms with Crippen molar-refractivity contribution in [2.24, 2.45) is 0 Å². The molecule has 0 saturated carbocycles. The Bertz CT molecular complexity index is 16.5. The van der Waals surface area contributed by atoms with E-state index in [1.165, 1.54) is 0 Å². The Labute approximate surface area is 83.8 Å². The maximum Gasteiger partial charge on any atom is 0.0402 e. The molecule has 0 bridgehead atoms. The van der Waals surface area contributed by atoms with Crippen molar-refractivity contribution < 1.29 is 42.1 Å². The summed E-state index contributed by atoms with van der Waals surface area (Å²) in [5.74, 6) is 0. The van der Waals surface area contributed by atoms with Crippen molar-refractivity contribution in [3.05, 3.63) is 0 Å². The number of aliphatic hydroxyl groups is 4. The van der Waals surface area contributed by atoms with Gasteiger partial charge in [0, 0.05) is 49.2 Å². The third-order valence-electron chi connectivity index (χ3n) is 0. The Morgan fingerprint density at radius 2 is 0.727 bits per heavy atom. The molecule has 0 amide bonds. The average Bonchev–Trinajstić information content (AvgIpc) is 1.99. The van der Waals surface area contributed by atoms with Crippen molar-refractivity contribution in [1.29, 1.82) is 0 Å². The van der Waals surface area contributed by atoms with Crippen LogP contribution in [-0.2, 0) is 21.7 Å². The van der Waals surface area contributed by atoms with Crippen molar-refractivity contribution in [2.45, 2.75) is 13.8 Å². The fourth-order valence-corrected chi connectivity index (χ4v) is 0. The van der Waals surface area contributed by atoms with E-state index in [-0.39, 0.29) is 34.9 Å². The molecule has 0 aliphatic carbocycles. The predicted molar refractivity (Wildman–Crippen MR) is 41.8 cm³/mol. The van der Waals surface area contributed by atoms with Crippen LogP contribution in [0.5, 0.6) is 0 Å². The molecule has 0 aromatic rings. The van der Waals surface area contributed by atoms with E-state index in [0.29, 0.717) is 0 Å². The van der Waals surface area contributed by atoms with Crippen molar-refractivity contribution in [3.8, 4) is 0 Å². The molecule has 0 unspecified atom stereocenters. The molecule has 0 aliphatic rings. The van der Waals surface area contributed by atoms with Crippen LogP contribution in [0.15, 0.2) is 0 Å². The molecule has 5 heteroatoms. The molecule has 0 spiro atoms. The van der Waals surface area contributed by atoms with Gasteiger partial charge in [-0.05, 0) is 13.8 Å². The largest absolute Gasteiger partial charge is 0.400 e. The molecule has 11 heavy (non-hydrogen) atoms. The van der Waals surface area contributed by atoms with Gasteiger partial charge in [-0.1, -0.05) is 0 Å². The van der Waals surface area contributed by atoms with Crippen LogP contribution in [0, 0.1) is 0 Å². The molecule has 4 nitrogen and oxygen atoms in total. The van der Waals surface area contributed by atoms with Crippen LogP contribution in [-0.4, -0.2) is 47.9 Å². The Morgan fingerprint density at radius 1 is 0.727 bits per heavy atom. The fraction of sp³-hybridized carbons (Fsp3) is 1.00. The minimum atomic E-state index is 0. The molecular formula is C6H20O4Ti. The quantitative estimate of drug-likeness (QED) is 0.390. The first-order valence-electron chi connectivity index (χ1n) is 2.94. The summed E-state index contributed by atoms with van der Waals surface area (Å²) in [6, 6.07) is 0. The summed E-state index contributed by atoms with van der Waals surface area (Å²) in [5, 5.41) is 29.1. The number of hydrogen-bond acceptors (Lipinski definition) is 4. The molecule has 0 aliphatic heterocycles. The van der Waals surface area contributed by atoms with Gasteiger partial charge in [0.1, 0.15) is 0 Å². The third kappa shape index (κ3) is 2510. The van der Waals surface area contributed by atoms with Crippen molar-refractivity contribution >= 4 is 0 Å². The minimum Gasteiger partial charge on any atom is -0.400 e. The standard InChI is InChI=1S/2C2H6O.2CH4O.Ti/c2*1-2-3;2*1-2;/h2*3H,2H2,1H3;2*2H,1H3;. The van der Waals surface area contributed by atoms with E-state index in [9.17, 15) is 0 Å². The van der Waals surface area contributed by atoms with Crippen LogP contribution in [0.1, 0.15) is 13.8 Å². The first-order valence-corrected chi connectivity index (χ1v) is 2.94. The Balaban J connectivity index is -0.0000000144. The van der Waals surface area contributed by atoms with Gasteiger partial charge in [0.05, 0.1) is 0 Å². The zero-order chi connectivity index (χ0) is 9.41. The summed E-state index contributed by atoms with van der Waals surface area (Å²) >= 11 is 0. The van der Waals surface area contributed by atoms with Crippen LogP contribution in [0.4, 0.5) is 0 Å². The van der Waals surface area contributed by atoms with E-state index >= 15 is 0 Å². The Hall–Kier alpha value is 0.554. The van der Waals surface area contributed by atoms with Gasteiger partial charge in [0.25, 0.3) is 0 Å². The van der Waals surface area contributed by atoms with Crippen molar-refractivity contribution in [1.82, 2.24) is 0 Å². The van der Waals surface area contributed by atoms with Gasteiger partial charge in [0.2, 0.25) is 0 Å². The number of aliphatic hydroxyl groups excluding tert-OH is 4. The molecule has 0 atom stereocenters. The molecule has 0 aromatic heterocycles. The zero-order valence-electron chi connectivity index (χ0n) is 7.70. The van der Waals surface area contributed by atoms with E-state index in [1.54, 1.807) is 13.8 Å². The topological polar surface area (TPSA) is 80.9 Å². The van der Waals surface area contributed by atoms with E-state index in [2.05, 4.69) is 0 Å². The monoisotopic (exact) mass is 204 g/mol. The smallest absolute Gasteiger partial charge is 0.0402 e. The number of hydrogen-bond donors (Lipinski definition) is 4. The molecule has 72 valence electrons.